The molecule has 0 atom stereocenters. The van der Waals surface area contributed by atoms with Crippen LogP contribution in [-0.4, -0.2) is 12.5 Å². The van der Waals surface area contributed by atoms with Crippen molar-refractivity contribution in [3.8, 4) is 0 Å². The van der Waals surface area contributed by atoms with Crippen molar-refractivity contribution >= 4 is 17.3 Å². The molecule has 0 unspecified atom stereocenters. The fourth-order valence-electron chi connectivity index (χ4n) is 2.07. The Bertz CT molecular complexity index is 732. The fraction of sp³-hybridized carbons (Fsp3) is 0.235. The van der Waals surface area contributed by atoms with E-state index in [1.807, 2.05) is 26.0 Å². The van der Waals surface area contributed by atoms with E-state index in [-0.39, 0.29) is 24.6 Å². The van der Waals surface area contributed by atoms with Gasteiger partial charge < -0.3 is 10.6 Å². The van der Waals surface area contributed by atoms with Gasteiger partial charge in [-0.2, -0.15) is 0 Å². The van der Waals surface area contributed by atoms with E-state index in [9.17, 15) is 18.0 Å². The van der Waals surface area contributed by atoms with Crippen LogP contribution in [0.5, 0.6) is 0 Å². The van der Waals surface area contributed by atoms with Crippen LogP contribution in [0.25, 0.3) is 0 Å². The second-order valence-corrected chi connectivity index (χ2v) is 5.20. The number of carbonyl (C=O) groups excluding carboxylic acids is 1. The van der Waals surface area contributed by atoms with E-state index < -0.39 is 17.5 Å². The molecule has 0 aromatic heterocycles. The lowest BCUT2D eigenvalue weighted by atomic mass is 10.1. The maximum Gasteiger partial charge on any atom is 0.226 e. The highest BCUT2D eigenvalue weighted by Gasteiger charge is 2.13. The van der Waals surface area contributed by atoms with Crippen molar-refractivity contribution in [2.75, 3.05) is 17.2 Å². The van der Waals surface area contributed by atoms with E-state index in [1.165, 1.54) is 0 Å². The van der Waals surface area contributed by atoms with Crippen LogP contribution in [0.1, 0.15) is 17.5 Å². The first-order valence-corrected chi connectivity index (χ1v) is 7.13. The third-order valence-electron chi connectivity index (χ3n) is 3.58. The quantitative estimate of drug-likeness (QED) is 0.812. The van der Waals surface area contributed by atoms with Gasteiger partial charge in [-0.1, -0.05) is 12.1 Å². The number of hydrogen-bond donors (Lipinski definition) is 2. The molecule has 1 amide bonds. The van der Waals surface area contributed by atoms with Gasteiger partial charge in [0.1, 0.15) is 0 Å². The molecule has 3 nitrogen and oxygen atoms in total. The molecule has 0 aliphatic rings. The molecule has 2 aromatic rings. The molecule has 0 saturated heterocycles. The number of hydrogen-bond acceptors (Lipinski definition) is 2. The van der Waals surface area contributed by atoms with Crippen LogP contribution >= 0.6 is 0 Å². The molecule has 0 saturated carbocycles. The molecule has 122 valence electrons. The summed E-state index contributed by atoms with van der Waals surface area (Å²) in [5, 5.41) is 5.35. The van der Waals surface area contributed by atoms with Crippen LogP contribution in [-0.2, 0) is 4.79 Å². The van der Waals surface area contributed by atoms with Crippen molar-refractivity contribution in [3.63, 3.8) is 0 Å². The minimum absolute atomic E-state index is 0.0613. The van der Waals surface area contributed by atoms with E-state index >= 15 is 0 Å². The van der Waals surface area contributed by atoms with Crippen molar-refractivity contribution < 1.29 is 18.0 Å². The Kier molecular flexibility index (Phi) is 5.26. The Balaban J connectivity index is 1.90. The summed E-state index contributed by atoms with van der Waals surface area (Å²) >= 11 is 0. The highest BCUT2D eigenvalue weighted by Crippen LogP contribution is 2.20. The maximum atomic E-state index is 13.5. The van der Waals surface area contributed by atoms with Gasteiger partial charge in [0.15, 0.2) is 17.5 Å². The zero-order chi connectivity index (χ0) is 17.0. The summed E-state index contributed by atoms with van der Waals surface area (Å²) in [6, 6.07) is 7.50. The average Bonchev–Trinajstić information content (AvgIpc) is 2.52. The molecule has 0 bridgehead atoms. The predicted octanol–water partition coefficient (Wildman–Crippen LogP) is 4.16. The summed E-state index contributed by atoms with van der Waals surface area (Å²) < 4.78 is 39.3. The predicted molar refractivity (Wildman–Crippen MR) is 84.0 cm³/mol. The van der Waals surface area contributed by atoms with E-state index in [0.717, 1.165) is 23.3 Å². The molecule has 0 fully saturated rings. The number of halogens is 3. The lowest BCUT2D eigenvalue weighted by Gasteiger charge is -2.11. The van der Waals surface area contributed by atoms with Crippen molar-refractivity contribution in [2.45, 2.75) is 20.3 Å². The Hall–Kier alpha value is -2.50. The highest BCUT2D eigenvalue weighted by atomic mass is 19.2. The lowest BCUT2D eigenvalue weighted by Crippen LogP contribution is -2.17. The molecule has 0 heterocycles. The fourth-order valence-corrected chi connectivity index (χ4v) is 2.07. The highest BCUT2D eigenvalue weighted by molar-refractivity contribution is 5.91. The van der Waals surface area contributed by atoms with Gasteiger partial charge in [0.25, 0.3) is 0 Å². The zero-order valence-electron chi connectivity index (χ0n) is 12.8. The van der Waals surface area contributed by atoms with Crippen LogP contribution in [0, 0.1) is 31.3 Å². The van der Waals surface area contributed by atoms with Crippen LogP contribution in [0.15, 0.2) is 30.3 Å². The molecule has 2 N–H and O–H groups in total. The third-order valence-corrected chi connectivity index (χ3v) is 3.58. The van der Waals surface area contributed by atoms with Gasteiger partial charge in [0, 0.05) is 18.7 Å². The Labute approximate surface area is 132 Å². The summed E-state index contributed by atoms with van der Waals surface area (Å²) in [6.07, 6.45) is 0.0613. The number of amides is 1. The Morgan fingerprint density at radius 2 is 1.74 bits per heavy atom. The summed E-state index contributed by atoms with van der Waals surface area (Å²) in [5.41, 5.74) is 2.57. The molecule has 0 aliphatic heterocycles. The Morgan fingerprint density at radius 3 is 2.48 bits per heavy atom. The number of nitrogens with one attached hydrogen (secondary N) is 2. The standard InChI is InChI=1S/C17H17F3N2O/c1-10-4-3-5-13(11(10)2)22-15(23)8-9-21-14-7-6-12(18)16(19)17(14)20/h3-7,21H,8-9H2,1-2H3,(H,22,23). The van der Waals surface area contributed by atoms with Crippen LogP contribution in [0.3, 0.4) is 0 Å². The van der Waals surface area contributed by atoms with Gasteiger partial charge in [-0.3, -0.25) is 4.79 Å². The summed E-state index contributed by atoms with van der Waals surface area (Å²) in [7, 11) is 0. The van der Waals surface area contributed by atoms with Crippen LogP contribution in [0.2, 0.25) is 0 Å². The second kappa shape index (κ2) is 7.17. The minimum atomic E-state index is -1.53. The topological polar surface area (TPSA) is 41.1 Å². The Morgan fingerprint density at radius 1 is 1.00 bits per heavy atom. The number of carbonyl (C=O) groups is 1. The van der Waals surface area contributed by atoms with E-state index in [0.29, 0.717) is 5.69 Å². The number of rotatable bonds is 5. The lowest BCUT2D eigenvalue weighted by molar-refractivity contribution is -0.115. The summed E-state index contributed by atoms with van der Waals surface area (Å²) in [6.45, 7) is 3.94. The normalized spacial score (nSPS) is 10.5. The summed E-state index contributed by atoms with van der Waals surface area (Å²) in [4.78, 5) is 11.9. The smallest absolute Gasteiger partial charge is 0.226 e. The molecular weight excluding hydrogens is 305 g/mol. The van der Waals surface area contributed by atoms with Crippen molar-refractivity contribution in [1.29, 1.82) is 0 Å². The first-order valence-electron chi connectivity index (χ1n) is 7.13. The zero-order valence-corrected chi connectivity index (χ0v) is 12.8. The van der Waals surface area contributed by atoms with Gasteiger partial charge in [0.2, 0.25) is 5.91 Å². The molecule has 2 aromatic carbocycles. The largest absolute Gasteiger partial charge is 0.382 e. The third kappa shape index (κ3) is 4.03. The monoisotopic (exact) mass is 322 g/mol. The first-order chi connectivity index (χ1) is 10.9. The average molecular weight is 322 g/mol. The van der Waals surface area contributed by atoms with Crippen molar-refractivity contribution in [2.24, 2.45) is 0 Å². The van der Waals surface area contributed by atoms with Crippen molar-refractivity contribution in [3.05, 3.63) is 58.9 Å². The van der Waals surface area contributed by atoms with E-state index in [1.54, 1.807) is 6.07 Å². The molecule has 0 spiro atoms. The second-order valence-electron chi connectivity index (χ2n) is 5.20. The van der Waals surface area contributed by atoms with Gasteiger partial charge in [0.05, 0.1) is 5.69 Å². The molecular formula is C17H17F3N2O. The SMILES string of the molecule is Cc1cccc(NC(=O)CCNc2ccc(F)c(F)c2F)c1C. The molecule has 2 rings (SSSR count). The number of aryl methyl sites for hydroxylation is 1. The van der Waals surface area contributed by atoms with Crippen LogP contribution < -0.4 is 10.6 Å². The molecule has 0 radical (unpaired) electrons. The van der Waals surface area contributed by atoms with E-state index in [4.69, 9.17) is 0 Å². The number of anilines is 2. The molecule has 6 heteroatoms. The van der Waals surface area contributed by atoms with Gasteiger partial charge in [-0.25, -0.2) is 13.2 Å². The van der Waals surface area contributed by atoms with Gasteiger partial charge in [-0.15, -0.1) is 0 Å². The van der Waals surface area contributed by atoms with Gasteiger partial charge >= 0.3 is 0 Å². The van der Waals surface area contributed by atoms with Crippen molar-refractivity contribution in [1.82, 2.24) is 0 Å². The first kappa shape index (κ1) is 16.9. The maximum absolute atomic E-state index is 13.5. The number of benzene rings is 2. The van der Waals surface area contributed by atoms with E-state index in [2.05, 4.69) is 10.6 Å². The van der Waals surface area contributed by atoms with Crippen LogP contribution in [0.4, 0.5) is 24.5 Å². The minimum Gasteiger partial charge on any atom is -0.382 e. The molecule has 0 aliphatic carbocycles. The molecule has 23 heavy (non-hydrogen) atoms. The summed E-state index contributed by atoms with van der Waals surface area (Å²) in [5.74, 6) is -4.33. The van der Waals surface area contributed by atoms with Gasteiger partial charge in [-0.05, 0) is 43.2 Å².